The topological polar surface area (TPSA) is 69.8 Å². The summed E-state index contributed by atoms with van der Waals surface area (Å²) in [6, 6.07) is 7.05. The Balaban J connectivity index is 1.37. The third-order valence-electron chi connectivity index (χ3n) is 5.23. The van der Waals surface area contributed by atoms with Crippen molar-refractivity contribution in [2.75, 3.05) is 5.32 Å². The Labute approximate surface area is 154 Å². The Kier molecular flexibility index (Phi) is 4.57. The Morgan fingerprint density at radius 1 is 1.15 bits per heavy atom. The molecule has 0 radical (unpaired) electrons. The van der Waals surface area contributed by atoms with Crippen LogP contribution in [0.4, 0.5) is 24.7 Å². The third-order valence-corrected chi connectivity index (χ3v) is 5.23. The zero-order valence-electron chi connectivity index (χ0n) is 14.6. The lowest BCUT2D eigenvalue weighted by atomic mass is 10.0. The molecule has 1 amide bonds. The van der Waals surface area contributed by atoms with Crippen molar-refractivity contribution in [1.29, 1.82) is 0 Å². The number of nitrogens with one attached hydrogen (secondary N) is 3. The Morgan fingerprint density at radius 3 is 2.70 bits per heavy atom. The van der Waals surface area contributed by atoms with Gasteiger partial charge in [0.25, 0.3) is 0 Å². The van der Waals surface area contributed by atoms with Gasteiger partial charge < -0.3 is 10.6 Å². The van der Waals surface area contributed by atoms with Crippen molar-refractivity contribution in [2.45, 2.75) is 50.2 Å². The van der Waals surface area contributed by atoms with E-state index in [4.69, 9.17) is 0 Å². The van der Waals surface area contributed by atoms with Crippen LogP contribution < -0.4 is 10.6 Å². The summed E-state index contributed by atoms with van der Waals surface area (Å²) in [5.74, 6) is 1.12. The number of hydrogen-bond donors (Lipinski definition) is 3. The zero-order valence-corrected chi connectivity index (χ0v) is 14.6. The zero-order chi connectivity index (χ0) is 19.0. The minimum Gasteiger partial charge on any atom is -0.353 e. The molecular weight excluding hydrogens is 357 g/mol. The molecule has 144 valence electrons. The normalized spacial score (nSPS) is 22.6. The highest BCUT2D eigenvalue weighted by Gasteiger charge is 2.34. The number of halogens is 3. The second kappa shape index (κ2) is 6.90. The molecule has 0 saturated heterocycles. The molecule has 4 rings (SSSR count). The van der Waals surface area contributed by atoms with Crippen LogP contribution in [0.5, 0.6) is 0 Å². The number of hydrogen-bond acceptors (Lipinski definition) is 3. The molecule has 0 aliphatic heterocycles. The summed E-state index contributed by atoms with van der Waals surface area (Å²) in [6.07, 6.45) is 0.335. The lowest BCUT2D eigenvalue weighted by Crippen LogP contribution is -2.33. The molecule has 1 aromatic carbocycles. The van der Waals surface area contributed by atoms with Gasteiger partial charge in [0.1, 0.15) is 0 Å². The van der Waals surface area contributed by atoms with Crippen molar-refractivity contribution in [3.8, 4) is 0 Å². The highest BCUT2D eigenvalue weighted by atomic mass is 19.4. The SMILES string of the molecule is O=C(NC1CCC(c2cc(Nc3cccc(C(F)(F)F)c3)n[nH]2)C1)C1CC1. The second-order valence-electron chi connectivity index (χ2n) is 7.40. The molecule has 8 heteroatoms. The number of nitrogens with zero attached hydrogens (tertiary/aromatic N) is 1. The summed E-state index contributed by atoms with van der Waals surface area (Å²) in [5.41, 5.74) is 0.574. The van der Waals surface area contributed by atoms with Gasteiger partial charge in [0.2, 0.25) is 5.91 Å². The minimum absolute atomic E-state index is 0.164. The van der Waals surface area contributed by atoms with E-state index in [1.165, 1.54) is 6.07 Å². The molecule has 2 atom stereocenters. The van der Waals surface area contributed by atoms with Gasteiger partial charge in [-0.15, -0.1) is 0 Å². The molecule has 2 aromatic rings. The number of carbonyl (C=O) groups is 1. The summed E-state index contributed by atoms with van der Waals surface area (Å²) in [5, 5.41) is 13.2. The fourth-order valence-corrected chi connectivity index (χ4v) is 3.59. The lowest BCUT2D eigenvalue weighted by Gasteiger charge is -2.12. The van der Waals surface area contributed by atoms with Crippen LogP contribution in [0.25, 0.3) is 0 Å². The van der Waals surface area contributed by atoms with Crippen molar-refractivity contribution < 1.29 is 18.0 Å². The quantitative estimate of drug-likeness (QED) is 0.725. The number of aromatic amines is 1. The molecule has 2 saturated carbocycles. The molecule has 3 N–H and O–H groups in total. The number of rotatable bonds is 5. The van der Waals surface area contributed by atoms with Crippen LogP contribution in [0.3, 0.4) is 0 Å². The Morgan fingerprint density at radius 2 is 1.96 bits per heavy atom. The summed E-state index contributed by atoms with van der Waals surface area (Å²) in [4.78, 5) is 11.9. The van der Waals surface area contributed by atoms with Crippen molar-refractivity contribution >= 4 is 17.4 Å². The van der Waals surface area contributed by atoms with Crippen LogP contribution in [-0.2, 0) is 11.0 Å². The van der Waals surface area contributed by atoms with Gasteiger partial charge in [0.15, 0.2) is 5.82 Å². The van der Waals surface area contributed by atoms with E-state index in [0.29, 0.717) is 11.5 Å². The molecule has 2 fully saturated rings. The molecule has 0 bridgehead atoms. The van der Waals surface area contributed by atoms with Gasteiger partial charge in [-0.3, -0.25) is 9.89 Å². The predicted octanol–water partition coefficient (Wildman–Crippen LogP) is 4.33. The van der Waals surface area contributed by atoms with Crippen molar-refractivity contribution in [1.82, 2.24) is 15.5 Å². The molecule has 27 heavy (non-hydrogen) atoms. The highest BCUT2D eigenvalue weighted by Crippen LogP contribution is 2.36. The van der Waals surface area contributed by atoms with Crippen LogP contribution in [0.1, 0.15) is 49.3 Å². The number of aromatic nitrogens is 2. The molecule has 2 aliphatic rings. The smallest absolute Gasteiger partial charge is 0.353 e. The average Bonchev–Trinajstić information content (AvgIpc) is 3.21. The maximum absolute atomic E-state index is 12.8. The minimum atomic E-state index is -4.38. The van der Waals surface area contributed by atoms with E-state index in [2.05, 4.69) is 20.8 Å². The molecular formula is C19H21F3N4O. The summed E-state index contributed by atoms with van der Waals surface area (Å²) in [7, 11) is 0. The maximum atomic E-state index is 12.8. The van der Waals surface area contributed by atoms with Crippen LogP contribution in [-0.4, -0.2) is 22.1 Å². The standard InChI is InChI=1S/C19H21F3N4O/c20-19(21,22)13-2-1-3-14(9-13)23-17-10-16(25-26-17)12-6-7-15(8-12)24-18(27)11-4-5-11/h1-3,9-12,15H,4-8H2,(H,24,27)(H2,23,25,26). The van der Waals surface area contributed by atoms with E-state index < -0.39 is 11.7 Å². The number of H-pyrrole nitrogens is 1. The van der Waals surface area contributed by atoms with Crippen molar-refractivity contribution in [2.24, 2.45) is 5.92 Å². The van der Waals surface area contributed by atoms with Crippen LogP contribution in [0.2, 0.25) is 0 Å². The summed E-state index contributed by atoms with van der Waals surface area (Å²) in [6.45, 7) is 0. The van der Waals surface area contributed by atoms with E-state index in [1.807, 2.05) is 6.07 Å². The summed E-state index contributed by atoms with van der Waals surface area (Å²) >= 11 is 0. The van der Waals surface area contributed by atoms with Gasteiger partial charge >= 0.3 is 6.18 Å². The van der Waals surface area contributed by atoms with Gasteiger partial charge in [-0.25, -0.2) is 0 Å². The Bertz CT molecular complexity index is 828. The molecule has 1 aromatic heterocycles. The van der Waals surface area contributed by atoms with Crippen molar-refractivity contribution in [3.63, 3.8) is 0 Å². The number of carbonyl (C=O) groups excluding carboxylic acids is 1. The van der Waals surface area contributed by atoms with E-state index in [0.717, 1.165) is 49.9 Å². The number of alkyl halides is 3. The third kappa shape index (κ3) is 4.26. The first-order chi connectivity index (χ1) is 12.9. The van der Waals surface area contributed by atoms with Crippen LogP contribution in [0, 0.1) is 5.92 Å². The fourth-order valence-electron chi connectivity index (χ4n) is 3.59. The van der Waals surface area contributed by atoms with Crippen molar-refractivity contribution in [3.05, 3.63) is 41.6 Å². The first-order valence-electron chi connectivity index (χ1n) is 9.18. The maximum Gasteiger partial charge on any atom is 0.416 e. The van der Waals surface area contributed by atoms with E-state index in [-0.39, 0.29) is 23.8 Å². The molecule has 1 heterocycles. The first-order valence-corrected chi connectivity index (χ1v) is 9.18. The molecule has 5 nitrogen and oxygen atoms in total. The number of benzene rings is 1. The van der Waals surface area contributed by atoms with Gasteiger partial charge in [0, 0.05) is 35.3 Å². The van der Waals surface area contributed by atoms with Gasteiger partial charge in [-0.2, -0.15) is 18.3 Å². The van der Waals surface area contributed by atoms with E-state index in [1.54, 1.807) is 6.07 Å². The average molecular weight is 378 g/mol. The Hall–Kier alpha value is -2.51. The highest BCUT2D eigenvalue weighted by molar-refractivity contribution is 5.81. The van der Waals surface area contributed by atoms with Gasteiger partial charge in [-0.05, 0) is 50.3 Å². The van der Waals surface area contributed by atoms with E-state index >= 15 is 0 Å². The van der Waals surface area contributed by atoms with Gasteiger partial charge in [-0.1, -0.05) is 6.07 Å². The lowest BCUT2D eigenvalue weighted by molar-refractivity contribution is -0.137. The predicted molar refractivity (Wildman–Crippen MR) is 94.6 cm³/mol. The number of amides is 1. The van der Waals surface area contributed by atoms with Crippen LogP contribution >= 0.6 is 0 Å². The number of anilines is 2. The second-order valence-corrected chi connectivity index (χ2v) is 7.40. The summed E-state index contributed by atoms with van der Waals surface area (Å²) < 4.78 is 38.4. The largest absolute Gasteiger partial charge is 0.416 e. The van der Waals surface area contributed by atoms with Gasteiger partial charge in [0.05, 0.1) is 5.56 Å². The fraction of sp³-hybridized carbons (Fsp3) is 0.474. The van der Waals surface area contributed by atoms with Crippen LogP contribution in [0.15, 0.2) is 30.3 Å². The first kappa shape index (κ1) is 17.9. The van der Waals surface area contributed by atoms with E-state index in [9.17, 15) is 18.0 Å². The molecule has 0 spiro atoms. The molecule has 2 aliphatic carbocycles. The monoisotopic (exact) mass is 378 g/mol. The molecule has 2 unspecified atom stereocenters.